The molecule has 1 aromatic rings. The standard InChI is InChI=1S/C14H19N3O3/c1-10-11(2)16-17(14(18)13(10)8-15)5-7-19-9-12-4-3-6-20-12/h12H,3-7,9H2,1-2H3. The minimum Gasteiger partial charge on any atom is -0.377 e. The molecule has 0 saturated carbocycles. The quantitative estimate of drug-likeness (QED) is 0.748. The summed E-state index contributed by atoms with van der Waals surface area (Å²) in [6, 6.07) is 1.95. The SMILES string of the molecule is Cc1nn(CCOCC2CCCO2)c(=O)c(C#N)c1C. The van der Waals surface area contributed by atoms with Gasteiger partial charge in [0.1, 0.15) is 11.6 Å². The highest BCUT2D eigenvalue weighted by molar-refractivity contribution is 5.36. The van der Waals surface area contributed by atoms with Gasteiger partial charge in [0.05, 0.1) is 31.6 Å². The molecule has 6 heteroatoms. The molecule has 0 radical (unpaired) electrons. The fraction of sp³-hybridized carbons (Fsp3) is 0.643. The number of ether oxygens (including phenoxy) is 2. The van der Waals surface area contributed by atoms with E-state index in [1.165, 1.54) is 4.68 Å². The van der Waals surface area contributed by atoms with Crippen molar-refractivity contribution in [1.82, 2.24) is 9.78 Å². The van der Waals surface area contributed by atoms with E-state index in [0.29, 0.717) is 31.0 Å². The summed E-state index contributed by atoms with van der Waals surface area (Å²) in [5.41, 5.74) is 1.15. The molecule has 2 heterocycles. The molecule has 20 heavy (non-hydrogen) atoms. The average Bonchev–Trinajstić information content (AvgIpc) is 2.94. The summed E-state index contributed by atoms with van der Waals surface area (Å²) < 4.78 is 12.3. The van der Waals surface area contributed by atoms with Crippen LogP contribution in [0.1, 0.15) is 29.7 Å². The Kier molecular flexibility index (Phi) is 4.88. The molecule has 6 nitrogen and oxygen atoms in total. The third-order valence-corrected chi connectivity index (χ3v) is 3.52. The lowest BCUT2D eigenvalue weighted by atomic mass is 10.1. The second-order valence-corrected chi connectivity index (χ2v) is 4.94. The zero-order valence-corrected chi connectivity index (χ0v) is 11.9. The first-order valence-corrected chi connectivity index (χ1v) is 6.81. The molecular formula is C14H19N3O3. The van der Waals surface area contributed by atoms with Crippen molar-refractivity contribution in [1.29, 1.82) is 5.26 Å². The summed E-state index contributed by atoms with van der Waals surface area (Å²) in [7, 11) is 0. The molecule has 0 spiro atoms. The molecule has 1 aliphatic heterocycles. The van der Waals surface area contributed by atoms with Gasteiger partial charge in [0.2, 0.25) is 0 Å². The number of aryl methyl sites for hydroxylation is 1. The van der Waals surface area contributed by atoms with Crippen molar-refractivity contribution in [3.8, 4) is 6.07 Å². The van der Waals surface area contributed by atoms with Gasteiger partial charge in [0.15, 0.2) is 0 Å². The summed E-state index contributed by atoms with van der Waals surface area (Å²) >= 11 is 0. The predicted molar refractivity (Wildman–Crippen MR) is 72.5 cm³/mol. The Morgan fingerprint density at radius 1 is 1.55 bits per heavy atom. The first kappa shape index (κ1) is 14.7. The Balaban J connectivity index is 1.94. The van der Waals surface area contributed by atoms with Crippen LogP contribution in [0.2, 0.25) is 0 Å². The normalized spacial score (nSPS) is 18.1. The molecule has 0 amide bonds. The Morgan fingerprint density at radius 3 is 3.00 bits per heavy atom. The molecule has 108 valence electrons. The van der Waals surface area contributed by atoms with Crippen molar-refractivity contribution in [2.24, 2.45) is 0 Å². The lowest BCUT2D eigenvalue weighted by Crippen LogP contribution is -2.29. The summed E-state index contributed by atoms with van der Waals surface area (Å²) in [4.78, 5) is 12.0. The lowest BCUT2D eigenvalue weighted by molar-refractivity contribution is 0.0138. The fourth-order valence-corrected chi connectivity index (χ4v) is 2.20. The van der Waals surface area contributed by atoms with E-state index in [0.717, 1.165) is 19.4 Å². The van der Waals surface area contributed by atoms with Crippen LogP contribution in [-0.4, -0.2) is 35.7 Å². The van der Waals surface area contributed by atoms with Gasteiger partial charge in [-0.3, -0.25) is 4.79 Å². The number of nitriles is 1. The minimum atomic E-state index is -0.351. The number of hydrogen-bond donors (Lipinski definition) is 0. The summed E-state index contributed by atoms with van der Waals surface area (Å²) in [6.07, 6.45) is 2.28. The van der Waals surface area contributed by atoms with Crippen molar-refractivity contribution >= 4 is 0 Å². The highest BCUT2D eigenvalue weighted by atomic mass is 16.5. The van der Waals surface area contributed by atoms with Gasteiger partial charge in [-0.15, -0.1) is 0 Å². The minimum absolute atomic E-state index is 0.164. The highest BCUT2D eigenvalue weighted by Crippen LogP contribution is 2.11. The Morgan fingerprint density at radius 2 is 2.35 bits per heavy atom. The van der Waals surface area contributed by atoms with Gasteiger partial charge in [0.25, 0.3) is 5.56 Å². The van der Waals surface area contributed by atoms with E-state index in [2.05, 4.69) is 5.10 Å². The van der Waals surface area contributed by atoms with Crippen LogP contribution in [0.3, 0.4) is 0 Å². The van der Waals surface area contributed by atoms with Crippen molar-refractivity contribution in [2.45, 2.75) is 39.3 Å². The van der Waals surface area contributed by atoms with E-state index in [1.807, 2.05) is 6.07 Å². The van der Waals surface area contributed by atoms with Crippen molar-refractivity contribution in [2.75, 3.05) is 19.8 Å². The second kappa shape index (κ2) is 6.64. The van der Waals surface area contributed by atoms with Crippen LogP contribution in [0.4, 0.5) is 0 Å². The van der Waals surface area contributed by atoms with Crippen LogP contribution in [0.5, 0.6) is 0 Å². The predicted octanol–water partition coefficient (Wildman–Crippen LogP) is 0.927. The molecule has 1 aliphatic rings. The summed E-state index contributed by atoms with van der Waals surface area (Å²) in [5.74, 6) is 0. The third kappa shape index (κ3) is 3.24. The van der Waals surface area contributed by atoms with Gasteiger partial charge >= 0.3 is 0 Å². The van der Waals surface area contributed by atoms with Gasteiger partial charge in [-0.2, -0.15) is 10.4 Å². The first-order valence-electron chi connectivity index (χ1n) is 6.81. The van der Waals surface area contributed by atoms with E-state index >= 15 is 0 Å². The summed E-state index contributed by atoms with van der Waals surface area (Å²) in [5, 5.41) is 13.2. The summed E-state index contributed by atoms with van der Waals surface area (Å²) in [6.45, 7) is 5.61. The molecule has 1 unspecified atom stereocenters. The van der Waals surface area contributed by atoms with Gasteiger partial charge in [-0.1, -0.05) is 0 Å². The Bertz CT molecular complexity index is 568. The van der Waals surface area contributed by atoms with Crippen LogP contribution in [-0.2, 0) is 16.0 Å². The zero-order chi connectivity index (χ0) is 14.5. The lowest BCUT2D eigenvalue weighted by Gasteiger charge is -2.11. The molecule has 0 bridgehead atoms. The topological polar surface area (TPSA) is 77.1 Å². The van der Waals surface area contributed by atoms with Crippen LogP contribution in [0, 0.1) is 25.2 Å². The van der Waals surface area contributed by atoms with E-state index in [4.69, 9.17) is 14.7 Å². The van der Waals surface area contributed by atoms with Gasteiger partial charge in [0, 0.05) is 6.61 Å². The third-order valence-electron chi connectivity index (χ3n) is 3.52. The van der Waals surface area contributed by atoms with Crippen molar-refractivity contribution in [3.05, 3.63) is 27.2 Å². The van der Waals surface area contributed by atoms with E-state index in [-0.39, 0.29) is 17.2 Å². The molecule has 1 fully saturated rings. The van der Waals surface area contributed by atoms with E-state index in [1.54, 1.807) is 13.8 Å². The van der Waals surface area contributed by atoms with Gasteiger partial charge in [-0.05, 0) is 32.3 Å². The van der Waals surface area contributed by atoms with Crippen LogP contribution in [0.25, 0.3) is 0 Å². The van der Waals surface area contributed by atoms with Crippen molar-refractivity contribution < 1.29 is 9.47 Å². The Labute approximate surface area is 117 Å². The number of nitrogens with zero attached hydrogens (tertiary/aromatic N) is 3. The van der Waals surface area contributed by atoms with E-state index in [9.17, 15) is 4.79 Å². The molecule has 1 aromatic heterocycles. The molecule has 1 saturated heterocycles. The number of rotatable bonds is 5. The molecule has 2 rings (SSSR count). The largest absolute Gasteiger partial charge is 0.377 e. The van der Waals surface area contributed by atoms with Gasteiger partial charge < -0.3 is 9.47 Å². The second-order valence-electron chi connectivity index (χ2n) is 4.94. The monoisotopic (exact) mass is 277 g/mol. The maximum Gasteiger partial charge on any atom is 0.285 e. The van der Waals surface area contributed by atoms with E-state index < -0.39 is 0 Å². The molecule has 0 N–H and O–H groups in total. The number of aromatic nitrogens is 2. The Hall–Kier alpha value is -1.71. The van der Waals surface area contributed by atoms with Crippen LogP contribution < -0.4 is 5.56 Å². The smallest absolute Gasteiger partial charge is 0.285 e. The fourth-order valence-electron chi connectivity index (χ4n) is 2.20. The molecule has 1 atom stereocenters. The molecule has 0 aliphatic carbocycles. The average molecular weight is 277 g/mol. The first-order chi connectivity index (χ1) is 9.63. The maximum absolute atomic E-state index is 12.0. The van der Waals surface area contributed by atoms with Crippen LogP contribution >= 0.6 is 0 Å². The van der Waals surface area contributed by atoms with Gasteiger partial charge in [-0.25, -0.2) is 4.68 Å². The van der Waals surface area contributed by atoms with Crippen LogP contribution in [0.15, 0.2) is 4.79 Å². The molecule has 0 aromatic carbocycles. The molecular weight excluding hydrogens is 258 g/mol. The maximum atomic E-state index is 12.0. The van der Waals surface area contributed by atoms with Crippen molar-refractivity contribution in [3.63, 3.8) is 0 Å². The number of hydrogen-bond acceptors (Lipinski definition) is 5. The zero-order valence-electron chi connectivity index (χ0n) is 11.9. The highest BCUT2D eigenvalue weighted by Gasteiger charge is 2.15.